The highest BCUT2D eigenvalue weighted by molar-refractivity contribution is 5.80. The van der Waals surface area contributed by atoms with E-state index in [9.17, 15) is 44.3 Å². The van der Waals surface area contributed by atoms with Crippen molar-refractivity contribution in [1.29, 1.82) is 0 Å². The van der Waals surface area contributed by atoms with Gasteiger partial charge in [0, 0.05) is 17.8 Å². The Morgan fingerprint density at radius 3 is 1.91 bits per heavy atom. The zero-order valence-corrected chi connectivity index (χ0v) is 15.8. The van der Waals surface area contributed by atoms with Crippen LogP contribution in [0.15, 0.2) is 12.2 Å². The van der Waals surface area contributed by atoms with Crippen LogP contribution in [-0.2, 0) is 9.53 Å². The summed E-state index contributed by atoms with van der Waals surface area (Å²) < 4.78 is 161. The molecule has 0 N–H and O–H groups in total. The number of ether oxygens (including phenoxy) is 1. The Morgan fingerprint density at radius 2 is 1.41 bits per heavy atom. The van der Waals surface area contributed by atoms with Gasteiger partial charge in [0.25, 0.3) is 0 Å². The van der Waals surface area contributed by atoms with E-state index in [-0.39, 0.29) is 6.42 Å². The molecule has 5 aliphatic rings. The Morgan fingerprint density at radius 1 is 0.812 bits per heavy atom. The number of esters is 1. The van der Waals surface area contributed by atoms with Crippen molar-refractivity contribution in [3.05, 3.63) is 12.2 Å². The van der Waals surface area contributed by atoms with Gasteiger partial charge in [-0.3, -0.25) is 4.79 Å². The van der Waals surface area contributed by atoms with E-state index in [1.807, 2.05) is 0 Å². The van der Waals surface area contributed by atoms with E-state index in [1.165, 1.54) is 6.08 Å². The van der Waals surface area contributed by atoms with Crippen molar-refractivity contribution in [2.24, 2.45) is 29.1 Å². The number of hydrogen-bond donors (Lipinski definition) is 0. The first-order chi connectivity index (χ1) is 14.4. The molecule has 0 aromatic heterocycles. The predicted molar refractivity (Wildman–Crippen MR) is 82.5 cm³/mol. The molecule has 0 amide bonds. The van der Waals surface area contributed by atoms with Crippen LogP contribution in [0.5, 0.6) is 0 Å². The highest BCUT2D eigenvalue weighted by Crippen LogP contribution is 2.79. The monoisotopic (exact) mass is 484 g/mol. The lowest BCUT2D eigenvalue weighted by molar-refractivity contribution is -0.298. The lowest BCUT2D eigenvalue weighted by Gasteiger charge is -2.43. The van der Waals surface area contributed by atoms with Crippen LogP contribution in [-0.4, -0.2) is 47.4 Å². The minimum Gasteiger partial charge on any atom is -0.461 e. The summed E-state index contributed by atoms with van der Waals surface area (Å²) in [5.74, 6) is -27.6. The van der Waals surface area contributed by atoms with Crippen LogP contribution in [0.2, 0.25) is 0 Å². The molecule has 0 aromatic rings. The molecule has 0 aromatic carbocycles. The number of rotatable bonds is 2. The molecule has 5 aliphatic carbocycles. The molecule has 5 rings (SSSR count). The third-order valence-corrected chi connectivity index (χ3v) is 8.33. The molecule has 8 atom stereocenters. The largest absolute Gasteiger partial charge is 0.461 e. The van der Waals surface area contributed by atoms with Gasteiger partial charge in [-0.15, -0.1) is 0 Å². The number of fused-ring (bicyclic) bond motifs is 7. The van der Waals surface area contributed by atoms with E-state index in [2.05, 4.69) is 0 Å². The van der Waals surface area contributed by atoms with Crippen LogP contribution in [0.4, 0.5) is 48.3 Å². The maximum atomic E-state index is 15.4. The van der Waals surface area contributed by atoms with Crippen molar-refractivity contribution in [1.82, 2.24) is 0 Å². The molecule has 0 aliphatic heterocycles. The lowest BCUT2D eigenvalue weighted by Crippen LogP contribution is -2.64. The van der Waals surface area contributed by atoms with Gasteiger partial charge < -0.3 is 4.74 Å². The van der Waals surface area contributed by atoms with E-state index in [0.717, 1.165) is 6.08 Å². The molecule has 4 fully saturated rings. The molecule has 32 heavy (non-hydrogen) atoms. The van der Waals surface area contributed by atoms with E-state index < -0.39 is 95.7 Å². The molecule has 13 heteroatoms. The normalized spacial score (nSPS) is 51.3. The van der Waals surface area contributed by atoms with Crippen molar-refractivity contribution in [2.75, 3.05) is 0 Å². The van der Waals surface area contributed by atoms with Crippen LogP contribution in [0, 0.1) is 29.1 Å². The SMILES string of the molecule is O=C(OC1CC2CC1C1(F)C(F)(F)C(F)(F)C(F)(F)C21F)C1(C(F)(F)F)CC2C=CC1C2. The first kappa shape index (κ1) is 22.2. The first-order valence-corrected chi connectivity index (χ1v) is 9.88. The van der Waals surface area contributed by atoms with Gasteiger partial charge in [-0.05, 0) is 31.6 Å². The van der Waals surface area contributed by atoms with Gasteiger partial charge in [0.05, 0.1) is 0 Å². The molecule has 4 saturated carbocycles. The fraction of sp³-hybridized carbons (Fsp3) is 0.842. The van der Waals surface area contributed by atoms with E-state index in [0.29, 0.717) is 0 Å². The van der Waals surface area contributed by atoms with Crippen LogP contribution in [0.3, 0.4) is 0 Å². The van der Waals surface area contributed by atoms with Crippen LogP contribution < -0.4 is 0 Å². The van der Waals surface area contributed by atoms with Gasteiger partial charge in [-0.2, -0.15) is 39.5 Å². The molecule has 2 nitrogen and oxygen atoms in total. The Hall–Kier alpha value is -1.56. The number of carbonyl (C=O) groups is 1. The maximum Gasteiger partial charge on any atom is 0.405 e. The quantitative estimate of drug-likeness (QED) is 0.298. The smallest absolute Gasteiger partial charge is 0.405 e. The summed E-state index contributed by atoms with van der Waals surface area (Å²) in [6, 6.07) is 0. The van der Waals surface area contributed by atoms with Crippen LogP contribution >= 0.6 is 0 Å². The average Bonchev–Trinajstić information content (AvgIpc) is 3.42. The summed E-state index contributed by atoms with van der Waals surface area (Å²) >= 11 is 0. The first-order valence-electron chi connectivity index (χ1n) is 9.88. The molecule has 4 bridgehead atoms. The fourth-order valence-electron chi connectivity index (χ4n) is 6.82. The van der Waals surface area contributed by atoms with Crippen molar-refractivity contribution in [3.8, 4) is 0 Å². The molecule has 0 heterocycles. The van der Waals surface area contributed by atoms with Gasteiger partial charge >= 0.3 is 29.9 Å². The standard InChI is InChI=1S/C19H15F11O2/c20-14-9-4-10(15(14,21)17(24,25)18(26,27)16(14,22)23)11(5-9)32-12(31)13(19(28,29)30)6-7-1-2-8(13)3-7/h1-2,7-11H,3-6H2. The molecule has 0 spiro atoms. The Bertz CT molecular complexity index is 913. The van der Waals surface area contributed by atoms with E-state index in [4.69, 9.17) is 4.74 Å². The van der Waals surface area contributed by atoms with Gasteiger partial charge in [0.15, 0.2) is 5.41 Å². The highest BCUT2D eigenvalue weighted by atomic mass is 19.4. The van der Waals surface area contributed by atoms with Gasteiger partial charge in [-0.25, -0.2) is 8.78 Å². The van der Waals surface area contributed by atoms with Crippen LogP contribution in [0.25, 0.3) is 0 Å². The minimum absolute atomic E-state index is 0.0392. The third kappa shape index (κ3) is 1.89. The summed E-state index contributed by atoms with van der Waals surface area (Å²) in [5, 5.41) is 0. The summed E-state index contributed by atoms with van der Waals surface area (Å²) in [6.45, 7) is 0. The Kier molecular flexibility index (Phi) is 3.87. The van der Waals surface area contributed by atoms with Gasteiger partial charge in [0.2, 0.25) is 11.3 Å². The summed E-state index contributed by atoms with van der Waals surface area (Å²) in [6.07, 6.45) is -7.62. The molecule has 180 valence electrons. The second-order valence-corrected chi connectivity index (χ2v) is 9.53. The molecule has 0 saturated heterocycles. The number of carbonyl (C=O) groups excluding carboxylic acids is 1. The number of hydrogen-bond acceptors (Lipinski definition) is 2. The van der Waals surface area contributed by atoms with Gasteiger partial charge in [0.1, 0.15) is 6.10 Å². The van der Waals surface area contributed by atoms with Gasteiger partial charge in [-0.1, -0.05) is 12.2 Å². The number of halogens is 11. The minimum atomic E-state index is -6.39. The number of allylic oxidation sites excluding steroid dienone is 2. The lowest BCUT2D eigenvalue weighted by atomic mass is 9.72. The van der Waals surface area contributed by atoms with E-state index in [1.54, 1.807) is 0 Å². The summed E-state index contributed by atoms with van der Waals surface area (Å²) in [5.41, 5.74) is -13.1. The summed E-state index contributed by atoms with van der Waals surface area (Å²) in [4.78, 5) is 12.7. The molecular weight excluding hydrogens is 469 g/mol. The van der Waals surface area contributed by atoms with Crippen molar-refractivity contribution < 1.29 is 57.8 Å². The van der Waals surface area contributed by atoms with E-state index >= 15 is 8.78 Å². The molecule has 8 unspecified atom stereocenters. The molecule has 0 radical (unpaired) electrons. The van der Waals surface area contributed by atoms with Crippen molar-refractivity contribution in [2.45, 2.75) is 67.1 Å². The second-order valence-electron chi connectivity index (χ2n) is 9.53. The second kappa shape index (κ2) is 5.56. The molecular formula is C19H15F11O2. The fourth-order valence-corrected chi connectivity index (χ4v) is 6.82. The third-order valence-electron chi connectivity index (χ3n) is 8.33. The van der Waals surface area contributed by atoms with Crippen LogP contribution in [0.1, 0.15) is 25.7 Å². The Balaban J connectivity index is 1.50. The average molecular weight is 484 g/mol. The zero-order chi connectivity index (χ0) is 23.9. The topological polar surface area (TPSA) is 26.3 Å². The van der Waals surface area contributed by atoms with Crippen molar-refractivity contribution >= 4 is 5.97 Å². The zero-order valence-electron chi connectivity index (χ0n) is 15.8. The highest BCUT2D eigenvalue weighted by Gasteiger charge is 3.04. The maximum absolute atomic E-state index is 15.4. The predicted octanol–water partition coefficient (Wildman–Crippen LogP) is 5.42. The van der Waals surface area contributed by atoms with Crippen molar-refractivity contribution in [3.63, 3.8) is 0 Å². The number of alkyl halides is 11. The Labute approximate surface area is 173 Å². The summed E-state index contributed by atoms with van der Waals surface area (Å²) in [7, 11) is 0.